The predicted octanol–water partition coefficient (Wildman–Crippen LogP) is 4.45. The molecule has 0 radical (unpaired) electrons. The first kappa shape index (κ1) is 18.8. The Labute approximate surface area is 164 Å². The zero-order valence-electron chi connectivity index (χ0n) is 14.8. The van der Waals surface area contributed by atoms with Gasteiger partial charge in [0.25, 0.3) is 5.91 Å². The molecular weight excluding hydrogens is 418 g/mol. The highest BCUT2D eigenvalue weighted by Crippen LogP contribution is 2.29. The van der Waals surface area contributed by atoms with Crippen molar-refractivity contribution in [2.75, 3.05) is 11.9 Å². The molecule has 138 valence electrons. The van der Waals surface area contributed by atoms with Crippen LogP contribution in [0.5, 0.6) is 0 Å². The highest BCUT2D eigenvalue weighted by Gasteiger charge is 2.28. The van der Waals surface area contributed by atoms with Crippen LogP contribution in [0.15, 0.2) is 28.7 Å². The Bertz CT molecular complexity index is 844. The van der Waals surface area contributed by atoms with Gasteiger partial charge in [-0.2, -0.15) is 0 Å². The fraction of sp³-hybridized carbons (Fsp3) is 0.389. The van der Waals surface area contributed by atoms with E-state index in [1.54, 1.807) is 11.0 Å². The van der Waals surface area contributed by atoms with Gasteiger partial charge in [0.1, 0.15) is 5.60 Å². The van der Waals surface area contributed by atoms with Crippen molar-refractivity contribution >= 4 is 44.4 Å². The maximum absolute atomic E-state index is 12.4. The molecule has 0 bridgehead atoms. The maximum Gasteiger partial charge on any atom is 0.410 e. The zero-order chi connectivity index (χ0) is 18.9. The summed E-state index contributed by atoms with van der Waals surface area (Å²) in [6, 6.07) is 7.23. The molecule has 1 aromatic carbocycles. The number of carbonyl (C=O) groups excluding carboxylic acids is 2. The van der Waals surface area contributed by atoms with E-state index in [1.807, 2.05) is 39.0 Å². The molecule has 26 heavy (non-hydrogen) atoms. The normalized spacial score (nSPS) is 13.9. The van der Waals surface area contributed by atoms with Crippen molar-refractivity contribution in [1.29, 1.82) is 0 Å². The minimum Gasteiger partial charge on any atom is -0.444 e. The second-order valence-corrected chi connectivity index (χ2v) is 8.91. The fourth-order valence-corrected chi connectivity index (χ4v) is 4.02. The van der Waals surface area contributed by atoms with E-state index < -0.39 is 5.60 Å². The number of thiazole rings is 1. The number of rotatable bonds is 2. The summed E-state index contributed by atoms with van der Waals surface area (Å²) >= 11 is 4.77. The third-order valence-corrected chi connectivity index (χ3v) is 5.41. The zero-order valence-corrected chi connectivity index (χ0v) is 17.2. The van der Waals surface area contributed by atoms with Crippen LogP contribution in [0.1, 0.15) is 41.7 Å². The molecule has 0 atom stereocenters. The molecular formula is C18H20BrN3O3S. The number of hydrogen-bond acceptors (Lipinski definition) is 5. The first-order valence-electron chi connectivity index (χ1n) is 8.25. The molecule has 1 aliphatic rings. The van der Waals surface area contributed by atoms with Gasteiger partial charge in [-0.15, -0.1) is 0 Å². The number of anilines is 1. The van der Waals surface area contributed by atoms with E-state index in [4.69, 9.17) is 4.74 Å². The van der Waals surface area contributed by atoms with E-state index in [2.05, 4.69) is 26.2 Å². The average Bonchev–Trinajstić information content (AvgIpc) is 2.94. The molecule has 0 unspecified atom stereocenters. The van der Waals surface area contributed by atoms with Crippen molar-refractivity contribution in [2.45, 2.75) is 39.3 Å². The molecule has 0 aliphatic carbocycles. The Balaban J connectivity index is 1.69. The van der Waals surface area contributed by atoms with Gasteiger partial charge < -0.3 is 9.64 Å². The van der Waals surface area contributed by atoms with Crippen LogP contribution < -0.4 is 5.32 Å². The minimum absolute atomic E-state index is 0.215. The van der Waals surface area contributed by atoms with Gasteiger partial charge in [-0.25, -0.2) is 9.78 Å². The van der Waals surface area contributed by atoms with Crippen molar-refractivity contribution in [3.8, 4) is 0 Å². The quantitative estimate of drug-likeness (QED) is 0.752. The molecule has 2 amide bonds. The summed E-state index contributed by atoms with van der Waals surface area (Å²) in [7, 11) is 0. The van der Waals surface area contributed by atoms with E-state index in [-0.39, 0.29) is 12.0 Å². The lowest BCUT2D eigenvalue weighted by Gasteiger charge is -2.29. The molecule has 0 saturated heterocycles. The van der Waals surface area contributed by atoms with Gasteiger partial charge in [0.05, 0.1) is 17.8 Å². The van der Waals surface area contributed by atoms with Crippen molar-refractivity contribution in [3.05, 3.63) is 44.9 Å². The molecule has 6 nitrogen and oxygen atoms in total. The van der Waals surface area contributed by atoms with Crippen LogP contribution in [0.4, 0.5) is 9.93 Å². The van der Waals surface area contributed by atoms with Gasteiger partial charge in [0.2, 0.25) is 0 Å². The highest BCUT2D eigenvalue weighted by atomic mass is 79.9. The molecule has 1 aromatic heterocycles. The first-order valence-corrected chi connectivity index (χ1v) is 9.86. The van der Waals surface area contributed by atoms with E-state index in [1.165, 1.54) is 11.3 Å². The lowest BCUT2D eigenvalue weighted by Crippen LogP contribution is -2.39. The molecule has 1 aliphatic heterocycles. The molecule has 8 heteroatoms. The number of nitrogens with zero attached hydrogens (tertiary/aromatic N) is 2. The lowest BCUT2D eigenvalue weighted by molar-refractivity contribution is 0.0225. The van der Waals surface area contributed by atoms with E-state index in [9.17, 15) is 9.59 Å². The summed E-state index contributed by atoms with van der Waals surface area (Å²) in [5.74, 6) is -0.215. The Kier molecular flexibility index (Phi) is 5.34. The van der Waals surface area contributed by atoms with Crippen LogP contribution >= 0.6 is 27.3 Å². The fourth-order valence-electron chi connectivity index (χ4n) is 2.54. The average molecular weight is 438 g/mol. The molecule has 2 aromatic rings. The SMILES string of the molecule is CC(C)(C)OC(=O)N1CCc2nc(NC(=O)c3ccccc3Br)sc2C1. The van der Waals surface area contributed by atoms with Crippen LogP contribution in [-0.2, 0) is 17.7 Å². The monoisotopic (exact) mass is 437 g/mol. The molecule has 0 spiro atoms. The summed E-state index contributed by atoms with van der Waals surface area (Å²) in [6.07, 6.45) is 0.325. The lowest BCUT2D eigenvalue weighted by atomic mass is 10.2. The van der Waals surface area contributed by atoms with Gasteiger partial charge in [-0.1, -0.05) is 23.5 Å². The molecule has 3 rings (SSSR count). The number of benzene rings is 1. The van der Waals surface area contributed by atoms with Crippen LogP contribution in [0, 0.1) is 0 Å². The van der Waals surface area contributed by atoms with Gasteiger partial charge in [0.15, 0.2) is 5.13 Å². The standard InChI is InChI=1S/C18H20BrN3O3S/c1-18(2,3)25-17(24)22-9-8-13-14(10-22)26-16(20-13)21-15(23)11-6-4-5-7-12(11)19/h4-7H,8-10H2,1-3H3,(H,20,21,23). The number of fused-ring (bicyclic) bond motifs is 1. The van der Waals surface area contributed by atoms with Gasteiger partial charge in [0, 0.05) is 22.3 Å². The molecule has 0 fully saturated rings. The number of carbonyl (C=O) groups is 2. The van der Waals surface area contributed by atoms with Gasteiger partial charge in [-0.3, -0.25) is 10.1 Å². The topological polar surface area (TPSA) is 71.5 Å². The Morgan fingerprint density at radius 1 is 1.31 bits per heavy atom. The van der Waals surface area contributed by atoms with Crippen molar-refractivity contribution < 1.29 is 14.3 Å². The second-order valence-electron chi connectivity index (χ2n) is 6.97. The minimum atomic E-state index is -0.521. The molecule has 2 heterocycles. The predicted molar refractivity (Wildman–Crippen MR) is 105 cm³/mol. The van der Waals surface area contributed by atoms with E-state index in [0.29, 0.717) is 30.2 Å². The van der Waals surface area contributed by atoms with Crippen LogP contribution in [0.2, 0.25) is 0 Å². The first-order chi connectivity index (χ1) is 12.2. The van der Waals surface area contributed by atoms with Crippen molar-refractivity contribution in [2.24, 2.45) is 0 Å². The van der Waals surface area contributed by atoms with Crippen molar-refractivity contribution in [3.63, 3.8) is 0 Å². The summed E-state index contributed by atoms with van der Waals surface area (Å²) in [6.45, 7) is 6.56. The number of amides is 2. The van der Waals surface area contributed by atoms with Crippen LogP contribution in [-0.4, -0.2) is 34.0 Å². The third-order valence-electron chi connectivity index (χ3n) is 3.72. The Morgan fingerprint density at radius 3 is 2.73 bits per heavy atom. The second kappa shape index (κ2) is 7.36. The third kappa shape index (κ3) is 4.42. The summed E-state index contributed by atoms with van der Waals surface area (Å²) in [5, 5.41) is 3.39. The number of ether oxygens (including phenoxy) is 1. The number of nitrogens with one attached hydrogen (secondary N) is 1. The van der Waals surface area contributed by atoms with Crippen molar-refractivity contribution in [1.82, 2.24) is 9.88 Å². The maximum atomic E-state index is 12.4. The largest absolute Gasteiger partial charge is 0.444 e. The summed E-state index contributed by atoms with van der Waals surface area (Å²) in [4.78, 5) is 31.8. The van der Waals surface area contributed by atoms with Crippen LogP contribution in [0.3, 0.4) is 0 Å². The number of hydrogen-bond donors (Lipinski definition) is 1. The van der Waals surface area contributed by atoms with Crippen LogP contribution in [0.25, 0.3) is 0 Å². The Hall–Kier alpha value is -1.93. The van der Waals surface area contributed by atoms with E-state index >= 15 is 0 Å². The Morgan fingerprint density at radius 2 is 2.04 bits per heavy atom. The van der Waals surface area contributed by atoms with Gasteiger partial charge in [-0.05, 0) is 48.8 Å². The number of halogens is 1. The van der Waals surface area contributed by atoms with E-state index in [0.717, 1.165) is 15.0 Å². The van der Waals surface area contributed by atoms with Gasteiger partial charge >= 0.3 is 6.09 Å². The summed E-state index contributed by atoms with van der Waals surface area (Å²) < 4.78 is 6.16. The summed E-state index contributed by atoms with van der Waals surface area (Å²) in [5.41, 5.74) is 0.959. The molecule has 0 saturated carbocycles. The smallest absolute Gasteiger partial charge is 0.410 e. The highest BCUT2D eigenvalue weighted by molar-refractivity contribution is 9.10. The molecule has 1 N–H and O–H groups in total. The number of aromatic nitrogens is 1.